The van der Waals surface area contributed by atoms with Gasteiger partial charge in [-0.05, 0) is 13.8 Å². The van der Waals surface area contributed by atoms with E-state index in [0.29, 0.717) is 0 Å². The summed E-state index contributed by atoms with van der Waals surface area (Å²) in [6.45, 7) is 3.10. The normalized spacial score (nSPS) is 16.5. The lowest BCUT2D eigenvalue weighted by molar-refractivity contribution is 0.0632. The Balaban J connectivity index is 0. The maximum absolute atomic E-state index is 8.45. The Morgan fingerprint density at radius 1 is 1.12 bits per heavy atom. The van der Waals surface area contributed by atoms with Crippen molar-refractivity contribution in [3.8, 4) is 0 Å². The average molecular weight is 142 g/mol. The zero-order valence-corrected chi connectivity index (χ0v) is 5.77. The van der Waals surface area contributed by atoms with Crippen LogP contribution in [-0.2, 0) is 0 Å². The molecule has 0 aliphatic heterocycles. The monoisotopic (exact) mass is 141 g/mol. The van der Waals surface area contributed by atoms with Gasteiger partial charge in [0.1, 0.15) is 12.5 Å². The van der Waals surface area contributed by atoms with Crippen LogP contribution in [0.5, 0.6) is 0 Å². The maximum Gasteiger partial charge on any atom is 0.103 e. The highest BCUT2D eigenvalue weighted by molar-refractivity contribution is 5.85. The van der Waals surface area contributed by atoms with Gasteiger partial charge in [0.2, 0.25) is 0 Å². The molecule has 0 amide bonds. The first-order chi connectivity index (χ1) is 3.13. The van der Waals surface area contributed by atoms with E-state index in [9.17, 15) is 0 Å². The van der Waals surface area contributed by atoms with Crippen LogP contribution in [0, 0.1) is 0 Å². The van der Waals surface area contributed by atoms with Gasteiger partial charge < -0.3 is 10.2 Å². The van der Waals surface area contributed by atoms with Gasteiger partial charge in [0.25, 0.3) is 0 Å². The predicted molar refractivity (Wildman–Crippen MR) is 33.7 cm³/mol. The zero-order valence-electron chi connectivity index (χ0n) is 4.96. The van der Waals surface area contributed by atoms with Crippen LogP contribution in [0.15, 0.2) is 0 Å². The maximum atomic E-state index is 8.45. The Kier molecular flexibility index (Phi) is 7.32. The number of hydrogen-bond acceptors (Lipinski definition) is 3. The summed E-state index contributed by atoms with van der Waals surface area (Å²) >= 11 is 0. The molecule has 4 heteroatoms. The summed E-state index contributed by atoms with van der Waals surface area (Å²) in [5.41, 5.74) is 0. The SMILES string of the molecule is CC(O)NC(C)O.Cl. The fourth-order valence-corrected chi connectivity index (χ4v) is 0.349. The zero-order chi connectivity index (χ0) is 5.86. The second-order valence-electron chi connectivity index (χ2n) is 1.52. The van der Waals surface area contributed by atoms with Crippen molar-refractivity contribution < 1.29 is 10.2 Å². The first kappa shape index (κ1) is 11.0. The van der Waals surface area contributed by atoms with E-state index in [4.69, 9.17) is 10.2 Å². The molecule has 0 fully saturated rings. The number of aliphatic hydroxyl groups is 2. The van der Waals surface area contributed by atoms with Gasteiger partial charge in [0.15, 0.2) is 0 Å². The number of nitrogens with one attached hydrogen (secondary N) is 1. The van der Waals surface area contributed by atoms with Gasteiger partial charge in [0, 0.05) is 0 Å². The van der Waals surface area contributed by atoms with Crippen LogP contribution in [0.25, 0.3) is 0 Å². The summed E-state index contributed by atoms with van der Waals surface area (Å²) in [7, 11) is 0. The third-order valence-electron chi connectivity index (χ3n) is 0.482. The first-order valence-corrected chi connectivity index (χ1v) is 2.25. The number of hydrogen-bond donors (Lipinski definition) is 3. The Bertz CT molecular complexity index is 43.3. The summed E-state index contributed by atoms with van der Waals surface area (Å²) in [5, 5.41) is 19.3. The summed E-state index contributed by atoms with van der Waals surface area (Å²) in [6.07, 6.45) is -1.25. The Morgan fingerprint density at radius 3 is 1.38 bits per heavy atom. The van der Waals surface area contributed by atoms with E-state index in [1.54, 1.807) is 13.8 Å². The molecule has 0 bridgehead atoms. The Hall–Kier alpha value is 0.170. The molecule has 52 valence electrons. The van der Waals surface area contributed by atoms with E-state index in [0.717, 1.165) is 0 Å². The molecule has 3 nitrogen and oxygen atoms in total. The Labute approximate surface area is 55.1 Å². The van der Waals surface area contributed by atoms with E-state index in [1.165, 1.54) is 0 Å². The highest BCUT2D eigenvalue weighted by atomic mass is 35.5. The van der Waals surface area contributed by atoms with E-state index in [1.807, 2.05) is 0 Å². The third kappa shape index (κ3) is 9.48. The third-order valence-corrected chi connectivity index (χ3v) is 0.482. The quantitative estimate of drug-likeness (QED) is 0.462. The second-order valence-corrected chi connectivity index (χ2v) is 1.52. The van der Waals surface area contributed by atoms with Crippen molar-refractivity contribution in [2.45, 2.75) is 26.3 Å². The summed E-state index contributed by atoms with van der Waals surface area (Å²) in [4.78, 5) is 0. The van der Waals surface area contributed by atoms with Crippen molar-refractivity contribution in [1.29, 1.82) is 0 Å². The van der Waals surface area contributed by atoms with Crippen LogP contribution < -0.4 is 5.32 Å². The van der Waals surface area contributed by atoms with Crippen molar-refractivity contribution in [3.05, 3.63) is 0 Å². The number of rotatable bonds is 2. The average Bonchev–Trinajstić information content (AvgIpc) is 1.27. The molecule has 0 spiro atoms. The van der Waals surface area contributed by atoms with E-state index < -0.39 is 12.5 Å². The van der Waals surface area contributed by atoms with Gasteiger partial charge in [0.05, 0.1) is 0 Å². The van der Waals surface area contributed by atoms with Crippen LogP contribution >= 0.6 is 12.4 Å². The smallest absolute Gasteiger partial charge is 0.103 e. The molecule has 0 radical (unpaired) electrons. The van der Waals surface area contributed by atoms with E-state index in [2.05, 4.69) is 5.32 Å². The minimum absolute atomic E-state index is 0. The molecular formula is C4H12ClNO2. The highest BCUT2D eigenvalue weighted by Gasteiger charge is 1.95. The topological polar surface area (TPSA) is 52.5 Å². The van der Waals surface area contributed by atoms with Crippen LogP contribution in [0.1, 0.15) is 13.8 Å². The lowest BCUT2D eigenvalue weighted by Crippen LogP contribution is -2.33. The van der Waals surface area contributed by atoms with E-state index in [-0.39, 0.29) is 12.4 Å². The molecule has 2 atom stereocenters. The second kappa shape index (κ2) is 5.31. The largest absolute Gasteiger partial charge is 0.379 e. The summed E-state index contributed by atoms with van der Waals surface area (Å²) in [5.74, 6) is 0. The molecular weight excluding hydrogens is 130 g/mol. The Morgan fingerprint density at radius 2 is 1.38 bits per heavy atom. The molecule has 0 aromatic carbocycles. The molecule has 0 aliphatic rings. The first-order valence-electron chi connectivity index (χ1n) is 2.25. The van der Waals surface area contributed by atoms with Crippen molar-refractivity contribution >= 4 is 12.4 Å². The number of aliphatic hydroxyl groups excluding tert-OH is 2. The van der Waals surface area contributed by atoms with Crippen LogP contribution in [0.2, 0.25) is 0 Å². The fourth-order valence-electron chi connectivity index (χ4n) is 0.349. The van der Waals surface area contributed by atoms with Crippen molar-refractivity contribution in [1.82, 2.24) is 5.32 Å². The molecule has 0 saturated carbocycles. The predicted octanol–water partition coefficient (Wildman–Crippen LogP) is -0.326. The molecule has 8 heavy (non-hydrogen) atoms. The standard InChI is InChI=1S/C4H11NO2.ClH/c1-3(6)5-4(2)7;/h3-7H,1-2H3;1H. The molecule has 0 aromatic heterocycles. The lowest BCUT2D eigenvalue weighted by Gasteiger charge is -2.08. The summed E-state index contributed by atoms with van der Waals surface area (Å²) < 4.78 is 0. The van der Waals surface area contributed by atoms with Gasteiger partial charge in [-0.25, -0.2) is 0 Å². The van der Waals surface area contributed by atoms with Crippen molar-refractivity contribution in [3.63, 3.8) is 0 Å². The minimum atomic E-state index is -0.625. The van der Waals surface area contributed by atoms with Crippen LogP contribution in [-0.4, -0.2) is 22.7 Å². The van der Waals surface area contributed by atoms with Gasteiger partial charge in [-0.1, -0.05) is 0 Å². The van der Waals surface area contributed by atoms with Gasteiger partial charge in [-0.3, -0.25) is 5.32 Å². The van der Waals surface area contributed by atoms with Crippen LogP contribution in [0.3, 0.4) is 0 Å². The molecule has 3 N–H and O–H groups in total. The van der Waals surface area contributed by atoms with Crippen LogP contribution in [0.4, 0.5) is 0 Å². The lowest BCUT2D eigenvalue weighted by atomic mass is 10.6. The minimum Gasteiger partial charge on any atom is -0.379 e. The van der Waals surface area contributed by atoms with Gasteiger partial charge in [-0.2, -0.15) is 0 Å². The molecule has 0 aliphatic carbocycles. The van der Waals surface area contributed by atoms with Gasteiger partial charge in [-0.15, -0.1) is 12.4 Å². The highest BCUT2D eigenvalue weighted by Crippen LogP contribution is 1.74. The van der Waals surface area contributed by atoms with Crippen molar-refractivity contribution in [2.75, 3.05) is 0 Å². The molecule has 0 aromatic rings. The van der Waals surface area contributed by atoms with Crippen molar-refractivity contribution in [2.24, 2.45) is 0 Å². The molecule has 2 unspecified atom stereocenters. The fraction of sp³-hybridized carbons (Fsp3) is 1.00. The summed E-state index contributed by atoms with van der Waals surface area (Å²) in [6, 6.07) is 0. The number of halogens is 1. The van der Waals surface area contributed by atoms with Gasteiger partial charge >= 0.3 is 0 Å². The molecule has 0 rings (SSSR count). The van der Waals surface area contributed by atoms with E-state index >= 15 is 0 Å². The molecule has 0 saturated heterocycles. The molecule has 0 heterocycles.